The van der Waals surface area contributed by atoms with Gasteiger partial charge in [0.05, 0.1) is 12.1 Å². The molecule has 2 aromatic rings. The number of ketones is 2. The van der Waals surface area contributed by atoms with Gasteiger partial charge >= 0.3 is 0 Å². The van der Waals surface area contributed by atoms with Crippen molar-refractivity contribution in [2.24, 2.45) is 10.8 Å². The molecular formula is C33H37Cl2NO4. The Hall–Kier alpha value is -2.76. The van der Waals surface area contributed by atoms with Gasteiger partial charge in [-0.2, -0.15) is 0 Å². The van der Waals surface area contributed by atoms with Crippen LogP contribution in [0, 0.1) is 10.8 Å². The molecule has 7 heteroatoms. The maximum atomic E-state index is 13.9. The van der Waals surface area contributed by atoms with Gasteiger partial charge in [-0.05, 0) is 66.0 Å². The second-order valence-corrected chi connectivity index (χ2v) is 13.6. The molecule has 40 heavy (non-hydrogen) atoms. The molecule has 0 atom stereocenters. The molecule has 1 heterocycles. The summed E-state index contributed by atoms with van der Waals surface area (Å²) < 4.78 is 11.9. The van der Waals surface area contributed by atoms with Crippen LogP contribution in [0.3, 0.4) is 0 Å². The zero-order valence-corrected chi connectivity index (χ0v) is 25.6. The van der Waals surface area contributed by atoms with Crippen molar-refractivity contribution >= 4 is 34.8 Å². The summed E-state index contributed by atoms with van der Waals surface area (Å²) in [5, 5.41) is 1.03. The second-order valence-electron chi connectivity index (χ2n) is 12.7. The van der Waals surface area contributed by atoms with E-state index in [1.54, 1.807) is 7.11 Å². The average molecular weight is 583 g/mol. The van der Waals surface area contributed by atoms with Crippen LogP contribution in [0.4, 0.5) is 0 Å². The van der Waals surface area contributed by atoms with E-state index in [1.807, 2.05) is 36.4 Å². The normalized spacial score (nSPS) is 20.4. The van der Waals surface area contributed by atoms with Crippen LogP contribution < -0.4 is 9.47 Å². The molecule has 1 aliphatic heterocycles. The molecule has 5 rings (SSSR count). The van der Waals surface area contributed by atoms with Crippen LogP contribution in [0.25, 0.3) is 0 Å². The molecule has 0 saturated carbocycles. The van der Waals surface area contributed by atoms with Crippen LogP contribution in [-0.4, -0.2) is 30.1 Å². The number of hydrogen-bond acceptors (Lipinski definition) is 5. The number of halogens is 2. The van der Waals surface area contributed by atoms with E-state index >= 15 is 0 Å². The van der Waals surface area contributed by atoms with E-state index < -0.39 is 5.92 Å². The molecule has 0 N–H and O–H groups in total. The Labute approximate surface area is 247 Å². The number of benzene rings is 2. The van der Waals surface area contributed by atoms with Gasteiger partial charge in [-0.3, -0.25) is 9.59 Å². The van der Waals surface area contributed by atoms with Gasteiger partial charge < -0.3 is 14.4 Å². The molecule has 0 bridgehead atoms. The molecule has 0 fully saturated rings. The van der Waals surface area contributed by atoms with Gasteiger partial charge in [-0.25, -0.2) is 0 Å². The van der Waals surface area contributed by atoms with Gasteiger partial charge in [0.15, 0.2) is 23.1 Å². The summed E-state index contributed by atoms with van der Waals surface area (Å²) in [5.41, 5.74) is 4.92. The van der Waals surface area contributed by atoms with E-state index in [-0.39, 0.29) is 29.0 Å². The van der Waals surface area contributed by atoms with Gasteiger partial charge in [0.2, 0.25) is 0 Å². The highest BCUT2D eigenvalue weighted by Crippen LogP contribution is 2.55. The summed E-state index contributed by atoms with van der Waals surface area (Å²) in [4.78, 5) is 30.0. The molecular weight excluding hydrogens is 545 g/mol. The van der Waals surface area contributed by atoms with Crippen LogP contribution in [0.1, 0.15) is 77.3 Å². The van der Waals surface area contributed by atoms with Gasteiger partial charge in [-0.15, -0.1) is 0 Å². The lowest BCUT2D eigenvalue weighted by Crippen LogP contribution is -2.44. The van der Waals surface area contributed by atoms with E-state index in [2.05, 4.69) is 39.5 Å². The predicted molar refractivity (Wildman–Crippen MR) is 159 cm³/mol. The molecule has 0 radical (unpaired) electrons. The Bertz CT molecular complexity index is 1380. The van der Waals surface area contributed by atoms with E-state index in [1.165, 1.54) is 0 Å². The van der Waals surface area contributed by atoms with Crippen LogP contribution in [-0.2, 0) is 16.2 Å². The van der Waals surface area contributed by atoms with E-state index in [0.717, 1.165) is 46.5 Å². The Balaban J connectivity index is 1.64. The topological polar surface area (TPSA) is 55.8 Å². The Morgan fingerprint density at radius 1 is 0.875 bits per heavy atom. The highest BCUT2D eigenvalue weighted by Gasteiger charge is 2.48. The second kappa shape index (κ2) is 10.6. The number of methoxy groups -OCH3 is 1. The first-order valence-corrected chi connectivity index (χ1v) is 14.6. The standard InChI is InChI=1S/C33H37Cl2NO4/c1-7-36-23-14-32(2,3)16-25(37)29(23)28(30-24(36)15-33(4,5)17-26(30)38)20-12-22(35)31(27(13-20)39-6)40-18-19-8-10-21(34)11-9-19/h8-13,28H,7,14-18H2,1-6H3. The fraction of sp³-hybridized carbons (Fsp3) is 0.455. The van der Waals surface area contributed by atoms with Gasteiger partial charge in [0.1, 0.15) is 6.61 Å². The van der Waals surface area contributed by atoms with Crippen molar-refractivity contribution in [1.29, 1.82) is 0 Å². The summed E-state index contributed by atoms with van der Waals surface area (Å²) in [7, 11) is 1.57. The summed E-state index contributed by atoms with van der Waals surface area (Å²) in [6, 6.07) is 11.1. The monoisotopic (exact) mass is 581 g/mol. The maximum Gasteiger partial charge on any atom is 0.180 e. The number of carbonyl (C=O) groups is 2. The van der Waals surface area contributed by atoms with E-state index in [9.17, 15) is 9.59 Å². The van der Waals surface area contributed by atoms with Gasteiger partial charge in [-0.1, -0.05) is 63.0 Å². The highest BCUT2D eigenvalue weighted by molar-refractivity contribution is 6.32. The predicted octanol–water partition coefficient (Wildman–Crippen LogP) is 8.29. The molecule has 3 aliphatic rings. The third kappa shape index (κ3) is 5.31. The number of Topliss-reactive ketones (excluding diaryl/α,β-unsaturated/α-hetero) is 2. The summed E-state index contributed by atoms with van der Waals surface area (Å²) in [6.45, 7) is 11.7. The lowest BCUT2D eigenvalue weighted by atomic mass is 9.63. The third-order valence-electron chi connectivity index (χ3n) is 8.22. The number of rotatable bonds is 6. The zero-order chi connectivity index (χ0) is 29.0. The Morgan fingerprint density at radius 2 is 1.43 bits per heavy atom. The molecule has 212 valence electrons. The minimum atomic E-state index is -0.489. The van der Waals surface area contributed by atoms with Crippen LogP contribution >= 0.6 is 23.2 Å². The smallest absolute Gasteiger partial charge is 0.180 e. The lowest BCUT2D eigenvalue weighted by molar-refractivity contribution is -0.119. The molecule has 0 spiro atoms. The molecule has 0 amide bonds. The first-order valence-electron chi connectivity index (χ1n) is 13.9. The number of allylic oxidation sites excluding steroid dienone is 4. The quantitative estimate of drug-likeness (QED) is 0.343. The molecule has 0 saturated heterocycles. The molecule has 0 unspecified atom stereocenters. The Kier molecular flexibility index (Phi) is 7.60. The summed E-state index contributed by atoms with van der Waals surface area (Å²) >= 11 is 12.9. The van der Waals surface area contributed by atoms with E-state index in [0.29, 0.717) is 40.9 Å². The summed E-state index contributed by atoms with van der Waals surface area (Å²) in [6.07, 6.45) is 2.43. The fourth-order valence-electron chi connectivity index (χ4n) is 6.55. The number of nitrogens with zero attached hydrogens (tertiary/aromatic N) is 1. The SMILES string of the molecule is CCN1C2=C(C(=O)CC(C)(C)C2)C(c2cc(Cl)c(OCc3ccc(Cl)cc3)c(OC)c2)C2=C1CC(C)(C)CC2=O. The first-order chi connectivity index (χ1) is 18.8. The van der Waals surface area contributed by atoms with Crippen molar-refractivity contribution in [3.05, 3.63) is 80.1 Å². The molecule has 2 aromatic carbocycles. The first kappa shape index (κ1) is 28.8. The highest BCUT2D eigenvalue weighted by atomic mass is 35.5. The van der Waals surface area contributed by atoms with Crippen molar-refractivity contribution in [2.75, 3.05) is 13.7 Å². The average Bonchev–Trinajstić information content (AvgIpc) is 2.86. The van der Waals surface area contributed by atoms with Crippen molar-refractivity contribution < 1.29 is 19.1 Å². The molecule has 5 nitrogen and oxygen atoms in total. The maximum absolute atomic E-state index is 13.9. The summed E-state index contributed by atoms with van der Waals surface area (Å²) in [5.74, 6) is 0.584. The third-order valence-corrected chi connectivity index (χ3v) is 8.75. The fourth-order valence-corrected chi connectivity index (χ4v) is 6.95. The van der Waals surface area contributed by atoms with Crippen molar-refractivity contribution in [1.82, 2.24) is 4.90 Å². The minimum absolute atomic E-state index is 0.0945. The van der Waals surface area contributed by atoms with Gasteiger partial charge in [0, 0.05) is 52.9 Å². The van der Waals surface area contributed by atoms with Crippen molar-refractivity contribution in [2.45, 2.75) is 72.8 Å². The number of hydrogen-bond donors (Lipinski definition) is 0. The molecule has 0 aromatic heterocycles. The van der Waals surface area contributed by atoms with Crippen molar-refractivity contribution in [3.63, 3.8) is 0 Å². The number of carbonyl (C=O) groups excluding carboxylic acids is 2. The largest absolute Gasteiger partial charge is 0.493 e. The van der Waals surface area contributed by atoms with E-state index in [4.69, 9.17) is 32.7 Å². The zero-order valence-electron chi connectivity index (χ0n) is 24.1. The Morgan fingerprint density at radius 3 is 1.93 bits per heavy atom. The van der Waals surface area contributed by atoms with Crippen LogP contribution in [0.15, 0.2) is 58.9 Å². The van der Waals surface area contributed by atoms with Crippen molar-refractivity contribution in [3.8, 4) is 11.5 Å². The van der Waals surface area contributed by atoms with Crippen LogP contribution in [0.2, 0.25) is 10.0 Å². The van der Waals surface area contributed by atoms with Crippen LogP contribution in [0.5, 0.6) is 11.5 Å². The molecule has 2 aliphatic carbocycles. The number of ether oxygens (including phenoxy) is 2. The van der Waals surface area contributed by atoms with Gasteiger partial charge in [0.25, 0.3) is 0 Å². The minimum Gasteiger partial charge on any atom is -0.493 e. The lowest BCUT2D eigenvalue weighted by Gasteiger charge is -2.49.